The van der Waals surface area contributed by atoms with Gasteiger partial charge in [-0.2, -0.15) is 5.26 Å². The van der Waals surface area contributed by atoms with Crippen molar-refractivity contribution < 1.29 is 18.9 Å². The highest BCUT2D eigenvalue weighted by Gasteiger charge is 2.52. The second kappa shape index (κ2) is 11.5. The third kappa shape index (κ3) is 5.40. The third-order valence-electron chi connectivity index (χ3n) is 6.61. The van der Waals surface area contributed by atoms with E-state index >= 15 is 0 Å². The fraction of sp³-hybridized carbons (Fsp3) is 0.333. The van der Waals surface area contributed by atoms with Crippen LogP contribution in [0, 0.1) is 18.3 Å². The molecule has 4 unspecified atom stereocenters. The van der Waals surface area contributed by atoms with Crippen LogP contribution in [0.3, 0.4) is 0 Å². The molecule has 0 N–H and O–H groups in total. The third-order valence-corrected chi connectivity index (χ3v) is 9.29. The summed E-state index contributed by atoms with van der Waals surface area (Å²) in [5, 5.41) is 21.4. The first-order valence-electron chi connectivity index (χ1n) is 12.2. The topological polar surface area (TPSA) is 104 Å². The van der Waals surface area contributed by atoms with E-state index in [4.69, 9.17) is 18.9 Å². The fourth-order valence-electron chi connectivity index (χ4n) is 4.80. The Kier molecular flexibility index (Phi) is 7.82. The number of hydrogen-bond acceptors (Lipinski definition) is 10. The van der Waals surface area contributed by atoms with Crippen LogP contribution in [0.15, 0.2) is 69.5 Å². The van der Waals surface area contributed by atoms with Crippen molar-refractivity contribution in [3.05, 3.63) is 81.4 Å². The second-order valence-corrected chi connectivity index (χ2v) is 12.1. The highest BCUT2D eigenvalue weighted by Crippen LogP contribution is 2.45. The number of nitrogens with zero attached hydrogens (tertiary/aromatic N) is 5. The van der Waals surface area contributed by atoms with Crippen LogP contribution in [0.25, 0.3) is 10.7 Å². The van der Waals surface area contributed by atoms with Crippen LogP contribution in [-0.4, -0.2) is 57.4 Å². The molecule has 2 aliphatic rings. The zero-order valence-electron chi connectivity index (χ0n) is 21.0. The Morgan fingerprint density at radius 2 is 2.05 bits per heavy atom. The molecule has 12 heteroatoms. The molecule has 0 bridgehead atoms. The van der Waals surface area contributed by atoms with Crippen molar-refractivity contribution in [2.24, 2.45) is 0 Å². The van der Waals surface area contributed by atoms with Crippen LogP contribution in [0.1, 0.15) is 29.2 Å². The summed E-state index contributed by atoms with van der Waals surface area (Å²) >= 11 is 6.48. The van der Waals surface area contributed by atoms with Crippen LogP contribution in [0.2, 0.25) is 0 Å². The molecular weight excluding hydrogens is 602 g/mol. The lowest BCUT2D eigenvalue weighted by Gasteiger charge is -2.48. The van der Waals surface area contributed by atoms with E-state index in [-0.39, 0.29) is 6.04 Å². The largest absolute Gasteiger partial charge is 0.375 e. The summed E-state index contributed by atoms with van der Waals surface area (Å²) in [6.45, 7) is 2.28. The van der Waals surface area contributed by atoms with Crippen LogP contribution in [-0.2, 0) is 18.9 Å². The molecule has 2 aliphatic heterocycles. The molecule has 2 fully saturated rings. The minimum Gasteiger partial charge on any atom is -0.375 e. The number of halogens is 1. The average molecular weight is 627 g/mol. The van der Waals surface area contributed by atoms with Crippen molar-refractivity contribution in [1.82, 2.24) is 20.0 Å². The van der Waals surface area contributed by atoms with Gasteiger partial charge in [0.05, 0.1) is 18.4 Å². The van der Waals surface area contributed by atoms with E-state index in [0.717, 1.165) is 25.6 Å². The summed E-state index contributed by atoms with van der Waals surface area (Å²) in [5.41, 5.74) is 2.62. The number of nitriles is 1. The number of fused-ring (bicyclic) bond motifs is 1. The maximum absolute atomic E-state index is 9.71. The van der Waals surface area contributed by atoms with E-state index in [0.29, 0.717) is 17.9 Å². The number of methoxy groups -OCH3 is 1. The Labute approximate surface area is 242 Å². The number of rotatable bonds is 6. The van der Waals surface area contributed by atoms with Gasteiger partial charge in [0.25, 0.3) is 0 Å². The van der Waals surface area contributed by atoms with Crippen LogP contribution in [0.4, 0.5) is 0 Å². The monoisotopic (exact) mass is 625 g/mol. The first-order valence-corrected chi connectivity index (χ1v) is 14.8. The van der Waals surface area contributed by atoms with Gasteiger partial charge in [0.15, 0.2) is 6.29 Å². The highest BCUT2D eigenvalue weighted by molar-refractivity contribution is 9.10. The summed E-state index contributed by atoms with van der Waals surface area (Å²) < 4.78 is 28.0. The first-order chi connectivity index (χ1) is 19.0. The number of ether oxygens (including phenoxy) is 4. The average Bonchev–Trinajstić information content (AvgIpc) is 3.62. The molecule has 4 aromatic rings. The molecule has 2 saturated heterocycles. The summed E-state index contributed by atoms with van der Waals surface area (Å²) in [4.78, 5) is 5.35. The molecule has 2 aromatic carbocycles. The number of thiazole rings is 1. The lowest BCUT2D eigenvalue weighted by atomic mass is 9.96. The molecule has 6 rings (SSSR count). The molecule has 0 aliphatic carbocycles. The van der Waals surface area contributed by atoms with Gasteiger partial charge in [-0.1, -0.05) is 63.2 Å². The summed E-state index contributed by atoms with van der Waals surface area (Å²) in [5.74, 6) is 0. The Balaban J connectivity index is 1.37. The van der Waals surface area contributed by atoms with E-state index in [2.05, 4.69) is 37.3 Å². The standard InChI is InChI=1S/C27H24BrN5O4S2/c1-15-14-38-25(30-15)19-12-33(32-31-19)22-23-20(13-35-26(37-23)16-6-4-3-5-7-16)36-27(24(22)34-2)39-21-10-18(28)9-8-17(21)11-29/h3-10,12,14,20,22-24,26-27H,13H2,1-2H3/t20?,22?,23-,24?,26?,27+/m0/s1. The van der Waals surface area contributed by atoms with Gasteiger partial charge in [0.1, 0.15) is 46.6 Å². The molecule has 9 nitrogen and oxygen atoms in total. The number of aryl methyl sites for hydroxylation is 1. The molecule has 39 heavy (non-hydrogen) atoms. The lowest BCUT2D eigenvalue weighted by molar-refractivity contribution is -0.308. The predicted molar refractivity (Wildman–Crippen MR) is 149 cm³/mol. The smallest absolute Gasteiger partial charge is 0.184 e. The van der Waals surface area contributed by atoms with Gasteiger partial charge in [-0.15, -0.1) is 16.4 Å². The summed E-state index contributed by atoms with van der Waals surface area (Å²) in [6, 6.07) is 17.3. The molecule has 0 spiro atoms. The zero-order valence-corrected chi connectivity index (χ0v) is 24.2. The van der Waals surface area contributed by atoms with Crippen molar-refractivity contribution in [2.75, 3.05) is 13.7 Å². The van der Waals surface area contributed by atoms with Gasteiger partial charge >= 0.3 is 0 Å². The Bertz CT molecular complexity index is 1490. The zero-order chi connectivity index (χ0) is 26.9. The SMILES string of the molecule is COC1C(n2cc(-c3nc(C)cs3)nn2)[C@H]2OC(c3ccccc3)OCC2O[C@@H]1Sc1cc(Br)ccc1C#N. The number of aromatic nitrogens is 4. The minimum atomic E-state index is -0.555. The molecule has 0 amide bonds. The van der Waals surface area contributed by atoms with E-state index in [1.165, 1.54) is 23.1 Å². The van der Waals surface area contributed by atoms with E-state index in [1.54, 1.807) is 17.9 Å². The Morgan fingerprint density at radius 3 is 2.79 bits per heavy atom. The molecule has 4 heterocycles. The predicted octanol–water partition coefficient (Wildman–Crippen LogP) is 5.53. The minimum absolute atomic E-state index is 0.324. The van der Waals surface area contributed by atoms with Crippen molar-refractivity contribution in [3.63, 3.8) is 0 Å². The molecular formula is C27H24BrN5O4S2. The van der Waals surface area contributed by atoms with Gasteiger partial charge < -0.3 is 18.9 Å². The fourth-order valence-corrected chi connectivity index (χ4v) is 7.35. The van der Waals surface area contributed by atoms with Crippen molar-refractivity contribution in [2.45, 2.75) is 47.9 Å². The van der Waals surface area contributed by atoms with Gasteiger partial charge in [0.2, 0.25) is 0 Å². The Hall–Kier alpha value is -2.63. The molecule has 0 radical (unpaired) electrons. The lowest BCUT2D eigenvalue weighted by Crippen LogP contribution is -2.59. The number of benzene rings is 2. The van der Waals surface area contributed by atoms with Crippen molar-refractivity contribution >= 4 is 39.0 Å². The molecule has 6 atom stereocenters. The van der Waals surface area contributed by atoms with Crippen molar-refractivity contribution in [3.8, 4) is 16.8 Å². The van der Waals surface area contributed by atoms with Crippen molar-refractivity contribution in [1.29, 1.82) is 5.26 Å². The molecule has 200 valence electrons. The second-order valence-electron chi connectivity index (χ2n) is 9.16. The quantitative estimate of drug-likeness (QED) is 0.273. The van der Waals surface area contributed by atoms with E-state index < -0.39 is 30.0 Å². The van der Waals surface area contributed by atoms with E-state index in [9.17, 15) is 5.26 Å². The number of thioether (sulfide) groups is 1. The molecule has 2 aromatic heterocycles. The molecule has 0 saturated carbocycles. The first kappa shape index (κ1) is 26.6. The van der Waals surface area contributed by atoms with Gasteiger partial charge in [0, 0.05) is 33.1 Å². The summed E-state index contributed by atoms with van der Waals surface area (Å²) in [7, 11) is 1.65. The van der Waals surface area contributed by atoms with Gasteiger partial charge in [-0.25, -0.2) is 9.67 Å². The van der Waals surface area contributed by atoms with Gasteiger partial charge in [-0.05, 0) is 25.1 Å². The van der Waals surface area contributed by atoms with Gasteiger partial charge in [-0.3, -0.25) is 0 Å². The van der Waals surface area contributed by atoms with Crippen LogP contribution < -0.4 is 0 Å². The highest BCUT2D eigenvalue weighted by atomic mass is 79.9. The maximum Gasteiger partial charge on any atom is 0.184 e. The Morgan fingerprint density at radius 1 is 1.21 bits per heavy atom. The van der Waals surface area contributed by atoms with Crippen LogP contribution in [0.5, 0.6) is 0 Å². The maximum atomic E-state index is 9.71. The van der Waals surface area contributed by atoms with Crippen LogP contribution >= 0.6 is 39.0 Å². The van der Waals surface area contributed by atoms with E-state index in [1.807, 2.05) is 61.0 Å². The normalized spacial score (nSPS) is 26.6. The number of hydrogen-bond donors (Lipinski definition) is 0. The summed E-state index contributed by atoms with van der Waals surface area (Å²) in [6.07, 6.45) is 0.0153.